The zero-order chi connectivity index (χ0) is 17.0. The number of hydrogen-bond donors (Lipinski definition) is 0. The van der Waals surface area contributed by atoms with E-state index in [2.05, 4.69) is 44.2 Å². The molecule has 1 aromatic carbocycles. The molecule has 24 heavy (non-hydrogen) atoms. The van der Waals surface area contributed by atoms with Crippen molar-refractivity contribution in [3.63, 3.8) is 0 Å². The van der Waals surface area contributed by atoms with Crippen LogP contribution >= 0.6 is 8.92 Å². The van der Waals surface area contributed by atoms with Crippen LogP contribution in [0.3, 0.4) is 0 Å². The standard InChI is InChI=1S/C9H13Si.2C6H11.ClH.Sn/c1-8(2)10-9-6-4-3-5-7-9;2*1-2-4-6-5-3-1;;/h3-7H,10H2,1-2H3;2*1H,2-6H2;1H;/q;;;;+1/p-1. The van der Waals surface area contributed by atoms with Crippen LogP contribution in [0.15, 0.2) is 30.3 Å². The fourth-order valence-corrected chi connectivity index (χ4v) is 35.1. The molecule has 1 aromatic rings. The second kappa shape index (κ2) is 8.48. The maximum atomic E-state index is 7.98. The van der Waals surface area contributed by atoms with Crippen molar-refractivity contribution in [2.75, 3.05) is 0 Å². The molecule has 0 nitrogen and oxygen atoms in total. The molecule has 2 aliphatic carbocycles. The normalized spacial score (nSPS) is 22.3. The van der Waals surface area contributed by atoms with Crippen LogP contribution in [0.1, 0.15) is 78.1 Å². The molecule has 0 unspecified atom stereocenters. The van der Waals surface area contributed by atoms with Gasteiger partial charge in [0.15, 0.2) is 0 Å². The van der Waals surface area contributed by atoms with Gasteiger partial charge in [0.2, 0.25) is 0 Å². The van der Waals surface area contributed by atoms with Crippen LogP contribution in [-0.2, 0) is 0 Å². The second-order valence-corrected chi connectivity index (χ2v) is 31.0. The van der Waals surface area contributed by atoms with E-state index in [1.165, 1.54) is 64.2 Å². The van der Waals surface area contributed by atoms with Crippen LogP contribution in [0.25, 0.3) is 0 Å². The molecule has 0 heterocycles. The summed E-state index contributed by atoms with van der Waals surface area (Å²) in [5.74, 6) is 0. The van der Waals surface area contributed by atoms with Crippen LogP contribution < -0.4 is 5.19 Å². The van der Waals surface area contributed by atoms with Gasteiger partial charge in [-0.05, 0) is 0 Å². The van der Waals surface area contributed by atoms with Crippen LogP contribution in [-0.4, -0.2) is 26.8 Å². The van der Waals surface area contributed by atoms with Gasteiger partial charge in [-0.1, -0.05) is 0 Å². The molecule has 0 saturated heterocycles. The van der Waals surface area contributed by atoms with Gasteiger partial charge in [0.05, 0.1) is 0 Å². The molecular weight excluding hydrogens is 434 g/mol. The van der Waals surface area contributed by atoms with Gasteiger partial charge in [-0.25, -0.2) is 0 Å². The van der Waals surface area contributed by atoms with Crippen molar-refractivity contribution in [3.05, 3.63) is 30.3 Å². The van der Waals surface area contributed by atoms with Gasteiger partial charge in [-0.15, -0.1) is 0 Å². The average Bonchev–Trinajstić information content (AvgIpc) is 2.63. The van der Waals surface area contributed by atoms with Gasteiger partial charge in [0.25, 0.3) is 0 Å². The minimum absolute atomic E-state index is 0.316. The zero-order valence-electron chi connectivity index (χ0n) is 15.7. The molecule has 3 rings (SSSR count). The summed E-state index contributed by atoms with van der Waals surface area (Å²) >= 11 is -2.77. The number of halogens is 1. The van der Waals surface area contributed by atoms with Crippen molar-refractivity contribution in [3.8, 4) is 0 Å². The molecule has 0 atom stereocenters. The molecule has 0 bridgehead atoms. The van der Waals surface area contributed by atoms with Crippen LogP contribution in [0.4, 0.5) is 0 Å². The number of rotatable bonds is 5. The molecule has 0 aliphatic heterocycles. The molecule has 0 N–H and O–H groups in total. The minimum atomic E-state index is -2.77. The molecule has 0 aromatic heterocycles. The van der Waals surface area contributed by atoms with Gasteiger partial charge in [-0.3, -0.25) is 0 Å². The average molecular weight is 470 g/mol. The molecule has 134 valence electrons. The van der Waals surface area contributed by atoms with Crippen molar-refractivity contribution >= 4 is 40.9 Å². The monoisotopic (exact) mass is 470 g/mol. The van der Waals surface area contributed by atoms with Gasteiger partial charge < -0.3 is 0 Å². The predicted octanol–water partition coefficient (Wildman–Crippen LogP) is 6.07. The first kappa shape index (κ1) is 19.3. The van der Waals surface area contributed by atoms with E-state index < -0.39 is 17.3 Å². The van der Waals surface area contributed by atoms with Gasteiger partial charge in [0, 0.05) is 0 Å². The first-order chi connectivity index (χ1) is 11.5. The Labute approximate surface area is 159 Å². The number of benzene rings is 1. The third-order valence-corrected chi connectivity index (χ3v) is 39.2. The van der Waals surface area contributed by atoms with E-state index in [-0.39, 0.29) is 9.52 Å². The Morgan fingerprint density at radius 1 is 0.833 bits per heavy atom. The van der Waals surface area contributed by atoms with Gasteiger partial charge >= 0.3 is 160 Å². The molecule has 3 heteroatoms. The summed E-state index contributed by atoms with van der Waals surface area (Å²) in [5, 5.41) is 1.64. The summed E-state index contributed by atoms with van der Waals surface area (Å²) in [7, 11) is 7.67. The molecule has 2 fully saturated rings. The first-order valence-electron chi connectivity index (χ1n) is 10.3. The molecule has 2 aliphatic rings. The molecular formula is C21H35ClSiSn. The topological polar surface area (TPSA) is 0 Å². The van der Waals surface area contributed by atoms with Crippen LogP contribution in [0, 0.1) is 0 Å². The third-order valence-electron chi connectivity index (χ3n) is 6.92. The quantitative estimate of drug-likeness (QED) is 0.459. The van der Waals surface area contributed by atoms with Gasteiger partial charge in [-0.2, -0.15) is 0 Å². The van der Waals surface area contributed by atoms with E-state index >= 15 is 0 Å². The molecule has 0 spiro atoms. The Morgan fingerprint density at radius 2 is 1.29 bits per heavy atom. The van der Waals surface area contributed by atoms with E-state index in [1.54, 1.807) is 5.19 Å². The zero-order valence-corrected chi connectivity index (χ0v) is 20.7. The summed E-state index contributed by atoms with van der Waals surface area (Å²) < 4.78 is 2.38. The van der Waals surface area contributed by atoms with Crippen molar-refractivity contribution in [2.24, 2.45) is 0 Å². The third kappa shape index (κ3) is 4.09. The van der Waals surface area contributed by atoms with E-state index in [0.29, 0.717) is 3.05 Å². The predicted molar refractivity (Wildman–Crippen MR) is 114 cm³/mol. The Kier molecular flexibility index (Phi) is 6.81. The van der Waals surface area contributed by atoms with E-state index in [9.17, 15) is 0 Å². The second-order valence-electron chi connectivity index (χ2n) is 8.98. The van der Waals surface area contributed by atoms with Gasteiger partial charge in [0.1, 0.15) is 0 Å². The number of hydrogen-bond acceptors (Lipinski definition) is 0. The Hall–Kier alpha value is 0.526. The first-order valence-corrected chi connectivity index (χ1v) is 20.0. The SMILES string of the molecule is C[C](C)([SiH2]c1ccccc1)[Sn]([Cl])([CH]1CCCCC1)[CH]1CCCCC1. The molecule has 0 radical (unpaired) electrons. The Balaban J connectivity index is 1.89. The van der Waals surface area contributed by atoms with E-state index in [1.807, 2.05) is 0 Å². The fraction of sp³-hybridized carbons (Fsp3) is 0.714. The summed E-state index contributed by atoms with van der Waals surface area (Å²) in [5.41, 5.74) is 0. The van der Waals surface area contributed by atoms with Crippen molar-refractivity contribution in [1.29, 1.82) is 0 Å². The summed E-state index contributed by atoms with van der Waals surface area (Å²) in [6.07, 6.45) is 14.6. The summed E-state index contributed by atoms with van der Waals surface area (Å²) in [6, 6.07) is 11.4. The van der Waals surface area contributed by atoms with Crippen molar-refractivity contribution in [2.45, 2.75) is 89.0 Å². The van der Waals surface area contributed by atoms with Crippen LogP contribution in [0.2, 0.25) is 10.9 Å². The Morgan fingerprint density at radius 3 is 1.75 bits per heavy atom. The van der Waals surface area contributed by atoms with E-state index in [4.69, 9.17) is 8.92 Å². The maximum absolute atomic E-state index is 7.98. The van der Waals surface area contributed by atoms with Crippen molar-refractivity contribution in [1.82, 2.24) is 0 Å². The van der Waals surface area contributed by atoms with Crippen molar-refractivity contribution < 1.29 is 0 Å². The Bertz CT molecular complexity index is 486. The molecule has 2 saturated carbocycles. The van der Waals surface area contributed by atoms with Crippen LogP contribution in [0.5, 0.6) is 0 Å². The summed E-state index contributed by atoms with van der Waals surface area (Å²) in [4.78, 5) is 0. The summed E-state index contributed by atoms with van der Waals surface area (Å²) in [6.45, 7) is 5.22. The van der Waals surface area contributed by atoms with E-state index in [0.717, 1.165) is 7.87 Å². The molecule has 0 amide bonds. The fourth-order valence-electron chi connectivity index (χ4n) is 5.73.